The molecule has 0 bridgehead atoms. The molecule has 2 aliphatic rings. The number of nitrogens with one attached hydrogen (secondary N) is 1. The van der Waals surface area contributed by atoms with Crippen molar-refractivity contribution in [1.29, 1.82) is 0 Å². The van der Waals surface area contributed by atoms with Gasteiger partial charge in [-0.25, -0.2) is 0 Å². The van der Waals surface area contributed by atoms with Gasteiger partial charge in [0, 0.05) is 12.2 Å². The average molecular weight is 285 g/mol. The second kappa shape index (κ2) is 5.68. The topological polar surface area (TPSA) is 62.3 Å². The van der Waals surface area contributed by atoms with Gasteiger partial charge in [0.05, 0.1) is 11.9 Å². The van der Waals surface area contributed by atoms with Crippen molar-refractivity contribution in [2.24, 2.45) is 0 Å². The van der Waals surface area contributed by atoms with E-state index in [9.17, 15) is 9.59 Å². The van der Waals surface area contributed by atoms with Gasteiger partial charge in [-0.3, -0.25) is 14.6 Å². The van der Waals surface area contributed by atoms with Crippen LogP contribution in [0.2, 0.25) is 0 Å². The molecule has 2 amide bonds. The lowest BCUT2D eigenvalue weighted by Gasteiger charge is -2.39. The number of carbonyl (C=O) groups excluding carboxylic acids is 2. The van der Waals surface area contributed by atoms with Crippen LogP contribution in [0.5, 0.6) is 0 Å². The zero-order chi connectivity index (χ0) is 14.8. The highest BCUT2D eigenvalue weighted by molar-refractivity contribution is 6.00. The summed E-state index contributed by atoms with van der Waals surface area (Å²) in [6, 6.07) is 1.63. The van der Waals surface area contributed by atoms with Crippen LogP contribution in [0.1, 0.15) is 30.5 Å². The van der Waals surface area contributed by atoms with E-state index in [1.807, 2.05) is 6.07 Å². The minimum atomic E-state index is -0.383. The third-order valence-electron chi connectivity index (χ3n) is 4.22. The molecule has 3 rings (SSSR count). The van der Waals surface area contributed by atoms with Gasteiger partial charge in [-0.05, 0) is 49.8 Å². The number of amides is 2. The number of aryl methyl sites for hydroxylation is 2. The zero-order valence-electron chi connectivity index (χ0n) is 12.0. The van der Waals surface area contributed by atoms with Crippen molar-refractivity contribution in [1.82, 2.24) is 9.88 Å². The normalized spacial score (nSPS) is 20.2. The van der Waals surface area contributed by atoms with Crippen LogP contribution < -0.4 is 5.32 Å². The van der Waals surface area contributed by atoms with E-state index in [1.165, 1.54) is 29.4 Å². The molecule has 5 nitrogen and oxygen atoms in total. The van der Waals surface area contributed by atoms with Gasteiger partial charge in [-0.15, -0.1) is 0 Å². The number of hydrogen-bond acceptors (Lipinski definition) is 3. The number of pyridine rings is 1. The monoisotopic (exact) mass is 285 g/mol. The highest BCUT2D eigenvalue weighted by Gasteiger charge is 2.36. The fraction of sp³-hybridized carbons (Fsp3) is 0.438. The predicted molar refractivity (Wildman–Crippen MR) is 79.8 cm³/mol. The Morgan fingerprint density at radius 1 is 1.38 bits per heavy atom. The van der Waals surface area contributed by atoms with Crippen molar-refractivity contribution < 1.29 is 9.59 Å². The quantitative estimate of drug-likeness (QED) is 0.860. The van der Waals surface area contributed by atoms with E-state index in [-0.39, 0.29) is 17.9 Å². The summed E-state index contributed by atoms with van der Waals surface area (Å²) >= 11 is 0. The van der Waals surface area contributed by atoms with Gasteiger partial charge >= 0.3 is 0 Å². The third kappa shape index (κ3) is 2.68. The highest BCUT2D eigenvalue weighted by atomic mass is 16.2. The van der Waals surface area contributed by atoms with Crippen LogP contribution in [-0.4, -0.2) is 34.3 Å². The zero-order valence-corrected chi connectivity index (χ0v) is 12.0. The summed E-state index contributed by atoms with van der Waals surface area (Å²) in [4.78, 5) is 29.8. The number of likely N-dealkylation sites (tertiary alicyclic amines) is 1. The molecule has 0 saturated carbocycles. The molecule has 21 heavy (non-hydrogen) atoms. The van der Waals surface area contributed by atoms with Crippen molar-refractivity contribution in [3.05, 3.63) is 36.2 Å². The van der Waals surface area contributed by atoms with Gasteiger partial charge in [-0.2, -0.15) is 0 Å². The van der Waals surface area contributed by atoms with E-state index in [0.717, 1.165) is 24.2 Å². The number of hydrogen-bond donors (Lipinski definition) is 1. The van der Waals surface area contributed by atoms with E-state index in [1.54, 1.807) is 6.20 Å². The van der Waals surface area contributed by atoms with Gasteiger partial charge in [0.1, 0.15) is 6.04 Å². The lowest BCUT2D eigenvalue weighted by Crippen LogP contribution is -2.56. The number of rotatable bonds is 3. The van der Waals surface area contributed by atoms with Gasteiger partial charge in [0.2, 0.25) is 11.8 Å². The molecule has 1 aliphatic carbocycles. The van der Waals surface area contributed by atoms with Gasteiger partial charge < -0.3 is 10.2 Å². The van der Waals surface area contributed by atoms with Gasteiger partial charge in [0.15, 0.2) is 0 Å². The Balaban J connectivity index is 1.68. The Hall–Kier alpha value is -2.17. The van der Waals surface area contributed by atoms with Crippen LogP contribution in [0.15, 0.2) is 24.9 Å². The van der Waals surface area contributed by atoms with E-state index in [0.29, 0.717) is 13.0 Å². The first-order valence-electron chi connectivity index (χ1n) is 7.41. The standard InChI is InChI=1S/C16H19N3O2/c1-2-15(20)19-8-7-14(19)16(21)18-12-9-11-5-3-4-6-13(11)17-10-12/h2,9-10,14H,1,3-8H2,(H,18,21)/t14-/m1/s1. The van der Waals surface area contributed by atoms with Crippen molar-refractivity contribution in [2.75, 3.05) is 11.9 Å². The maximum atomic E-state index is 12.2. The summed E-state index contributed by atoms with van der Waals surface area (Å²) in [7, 11) is 0. The van der Waals surface area contributed by atoms with E-state index < -0.39 is 0 Å². The fourth-order valence-corrected chi connectivity index (χ4v) is 2.92. The third-order valence-corrected chi connectivity index (χ3v) is 4.22. The predicted octanol–water partition coefficient (Wildman–Crippen LogP) is 1.69. The number of anilines is 1. The van der Waals surface area contributed by atoms with Crippen molar-refractivity contribution >= 4 is 17.5 Å². The molecular formula is C16H19N3O2. The molecular weight excluding hydrogens is 266 g/mol. The summed E-state index contributed by atoms with van der Waals surface area (Å²) in [5, 5.41) is 2.87. The maximum absolute atomic E-state index is 12.2. The molecule has 1 saturated heterocycles. The Morgan fingerprint density at radius 2 is 2.19 bits per heavy atom. The first kappa shape index (κ1) is 13.8. The lowest BCUT2D eigenvalue weighted by atomic mass is 9.96. The molecule has 0 spiro atoms. The molecule has 5 heteroatoms. The van der Waals surface area contributed by atoms with Crippen LogP contribution in [0, 0.1) is 0 Å². The summed E-state index contributed by atoms with van der Waals surface area (Å²) < 4.78 is 0. The average Bonchev–Trinajstić information content (AvgIpc) is 2.45. The Labute approximate surface area is 124 Å². The number of aromatic nitrogens is 1. The maximum Gasteiger partial charge on any atom is 0.247 e. The van der Waals surface area contributed by atoms with E-state index in [2.05, 4.69) is 16.9 Å². The minimum absolute atomic E-state index is 0.144. The van der Waals surface area contributed by atoms with Crippen molar-refractivity contribution in [3.63, 3.8) is 0 Å². The number of carbonyl (C=O) groups is 2. The van der Waals surface area contributed by atoms with Gasteiger partial charge in [0.25, 0.3) is 0 Å². The number of fused-ring (bicyclic) bond motifs is 1. The second-order valence-corrected chi connectivity index (χ2v) is 5.57. The van der Waals surface area contributed by atoms with Gasteiger partial charge in [-0.1, -0.05) is 6.58 Å². The Morgan fingerprint density at radius 3 is 2.90 bits per heavy atom. The first-order valence-corrected chi connectivity index (χ1v) is 7.41. The molecule has 1 N–H and O–H groups in total. The molecule has 1 aliphatic heterocycles. The first-order chi connectivity index (χ1) is 10.2. The minimum Gasteiger partial charge on any atom is -0.327 e. The van der Waals surface area contributed by atoms with Crippen LogP contribution in [-0.2, 0) is 22.4 Å². The lowest BCUT2D eigenvalue weighted by molar-refractivity contribution is -0.141. The Kier molecular flexibility index (Phi) is 3.73. The molecule has 0 aromatic carbocycles. The molecule has 0 radical (unpaired) electrons. The van der Waals surface area contributed by atoms with Crippen molar-refractivity contribution in [3.8, 4) is 0 Å². The summed E-state index contributed by atoms with van der Waals surface area (Å²) in [5.74, 6) is -0.334. The summed E-state index contributed by atoms with van der Waals surface area (Å²) in [6.45, 7) is 4.07. The molecule has 2 heterocycles. The van der Waals surface area contributed by atoms with Crippen LogP contribution in [0.25, 0.3) is 0 Å². The molecule has 1 atom stereocenters. The largest absolute Gasteiger partial charge is 0.327 e. The van der Waals surface area contributed by atoms with Crippen LogP contribution in [0.4, 0.5) is 5.69 Å². The molecule has 0 unspecified atom stereocenters. The van der Waals surface area contributed by atoms with E-state index in [4.69, 9.17) is 0 Å². The fourth-order valence-electron chi connectivity index (χ4n) is 2.92. The van der Waals surface area contributed by atoms with E-state index >= 15 is 0 Å². The second-order valence-electron chi connectivity index (χ2n) is 5.57. The molecule has 1 fully saturated rings. The molecule has 1 aromatic heterocycles. The van der Waals surface area contributed by atoms with Crippen molar-refractivity contribution in [2.45, 2.75) is 38.1 Å². The number of nitrogens with zero attached hydrogens (tertiary/aromatic N) is 2. The van der Waals surface area contributed by atoms with Crippen LogP contribution in [0.3, 0.4) is 0 Å². The summed E-state index contributed by atoms with van der Waals surface area (Å²) in [5.41, 5.74) is 3.09. The molecule has 1 aromatic rings. The Bertz CT molecular complexity index is 597. The van der Waals surface area contributed by atoms with Crippen LogP contribution >= 0.6 is 0 Å². The SMILES string of the molecule is C=CC(=O)N1CC[C@@H]1C(=O)Nc1cnc2c(c1)CCCC2. The highest BCUT2D eigenvalue weighted by Crippen LogP contribution is 2.23. The smallest absolute Gasteiger partial charge is 0.247 e. The molecule has 110 valence electrons. The summed E-state index contributed by atoms with van der Waals surface area (Å²) in [6.07, 6.45) is 8.07.